The number of aryl methyl sites for hydroxylation is 1. The maximum Gasteiger partial charge on any atom is 0.246 e. The van der Waals surface area contributed by atoms with Gasteiger partial charge in [-0.2, -0.15) is 5.10 Å². The van der Waals surface area contributed by atoms with Crippen molar-refractivity contribution >= 4 is 17.6 Å². The smallest absolute Gasteiger partial charge is 0.246 e. The number of piperazine rings is 1. The molecule has 1 saturated heterocycles. The van der Waals surface area contributed by atoms with Gasteiger partial charge in [-0.25, -0.2) is 0 Å². The van der Waals surface area contributed by atoms with Gasteiger partial charge in [0.25, 0.3) is 0 Å². The second-order valence-electron chi connectivity index (χ2n) is 7.96. The van der Waals surface area contributed by atoms with Crippen LogP contribution in [-0.4, -0.2) is 77.8 Å². The molecule has 8 heteroatoms. The van der Waals surface area contributed by atoms with Crippen LogP contribution in [0.25, 0.3) is 0 Å². The highest BCUT2D eigenvalue weighted by Gasteiger charge is 2.27. The van der Waals surface area contributed by atoms with E-state index in [0.717, 1.165) is 57.2 Å². The third kappa shape index (κ3) is 4.64. The molecule has 1 aromatic carbocycles. The first-order valence-electron chi connectivity index (χ1n) is 10.7. The Bertz CT molecular complexity index is 906. The second-order valence-corrected chi connectivity index (χ2v) is 7.96. The summed E-state index contributed by atoms with van der Waals surface area (Å²) in [7, 11) is 3.64. The lowest BCUT2D eigenvalue weighted by molar-refractivity contribution is -0.120. The molecule has 0 unspecified atom stereocenters. The molecule has 0 bridgehead atoms. The molecule has 0 aliphatic carbocycles. The molecule has 2 aliphatic rings. The Labute approximate surface area is 178 Å². The molecular formula is C22H31N7O. The first kappa shape index (κ1) is 20.4. The van der Waals surface area contributed by atoms with Crippen LogP contribution in [0.5, 0.6) is 0 Å². The number of hydrogen-bond acceptors (Lipinski definition) is 4. The Balaban J connectivity index is 1.21. The number of carbonyl (C=O) groups excluding carboxylic acids is 1. The number of nitrogens with zero attached hydrogens (tertiary/aromatic N) is 6. The van der Waals surface area contributed by atoms with Crippen molar-refractivity contribution in [1.82, 2.24) is 24.9 Å². The van der Waals surface area contributed by atoms with E-state index in [4.69, 9.17) is 0 Å². The number of rotatable bonds is 5. The lowest BCUT2D eigenvalue weighted by Crippen LogP contribution is -2.55. The lowest BCUT2D eigenvalue weighted by atomic mass is 10.00. The standard InChI is InChI=1S/C22H31N7O/c1-23-22(28-12-13-29(21(30)17-28)20-14-25-26(2)16-20)24-9-5-10-27-11-8-18-6-3-4-7-19(18)15-27/h3-4,6-7,14,16H,5,8-13,15,17H2,1-2H3,(H,23,24). The number of hydrogen-bond donors (Lipinski definition) is 1. The maximum atomic E-state index is 12.6. The van der Waals surface area contributed by atoms with E-state index in [0.29, 0.717) is 13.1 Å². The number of carbonyl (C=O) groups is 1. The molecule has 1 fully saturated rings. The van der Waals surface area contributed by atoms with E-state index in [-0.39, 0.29) is 5.91 Å². The van der Waals surface area contributed by atoms with Crippen LogP contribution in [0.3, 0.4) is 0 Å². The molecule has 0 saturated carbocycles. The zero-order valence-electron chi connectivity index (χ0n) is 17.9. The molecular weight excluding hydrogens is 378 g/mol. The zero-order chi connectivity index (χ0) is 20.9. The fraction of sp³-hybridized carbons (Fsp3) is 0.500. The van der Waals surface area contributed by atoms with Gasteiger partial charge in [0.15, 0.2) is 5.96 Å². The van der Waals surface area contributed by atoms with Crippen LogP contribution in [0.4, 0.5) is 5.69 Å². The van der Waals surface area contributed by atoms with Gasteiger partial charge < -0.3 is 15.1 Å². The van der Waals surface area contributed by atoms with E-state index in [1.54, 1.807) is 22.8 Å². The van der Waals surface area contributed by atoms with Crippen molar-refractivity contribution in [2.45, 2.75) is 19.4 Å². The minimum absolute atomic E-state index is 0.0733. The maximum absolute atomic E-state index is 12.6. The van der Waals surface area contributed by atoms with Gasteiger partial charge in [-0.1, -0.05) is 24.3 Å². The number of aliphatic imine (C=N–C) groups is 1. The highest BCUT2D eigenvalue weighted by atomic mass is 16.2. The fourth-order valence-corrected chi connectivity index (χ4v) is 4.25. The van der Waals surface area contributed by atoms with Crippen molar-refractivity contribution in [1.29, 1.82) is 0 Å². The van der Waals surface area contributed by atoms with E-state index < -0.39 is 0 Å². The molecule has 1 aromatic heterocycles. The minimum Gasteiger partial charge on any atom is -0.356 e. The molecule has 160 valence electrons. The fourth-order valence-electron chi connectivity index (χ4n) is 4.25. The van der Waals surface area contributed by atoms with Crippen LogP contribution in [0.1, 0.15) is 17.5 Å². The Morgan fingerprint density at radius 2 is 2.00 bits per heavy atom. The minimum atomic E-state index is 0.0733. The van der Waals surface area contributed by atoms with E-state index >= 15 is 0 Å². The van der Waals surface area contributed by atoms with Gasteiger partial charge in [0.05, 0.1) is 11.9 Å². The summed E-state index contributed by atoms with van der Waals surface area (Å²) < 4.78 is 1.72. The van der Waals surface area contributed by atoms with Crippen LogP contribution in [0.2, 0.25) is 0 Å². The summed E-state index contributed by atoms with van der Waals surface area (Å²) >= 11 is 0. The Morgan fingerprint density at radius 3 is 2.73 bits per heavy atom. The summed E-state index contributed by atoms with van der Waals surface area (Å²) in [5, 5.41) is 7.61. The number of benzene rings is 1. The van der Waals surface area contributed by atoms with Gasteiger partial charge in [-0.05, 0) is 24.0 Å². The predicted molar refractivity (Wildman–Crippen MR) is 119 cm³/mol. The normalized spacial score (nSPS) is 17.9. The van der Waals surface area contributed by atoms with Crippen LogP contribution in [0.15, 0.2) is 41.7 Å². The zero-order valence-corrected chi connectivity index (χ0v) is 17.9. The van der Waals surface area contributed by atoms with E-state index in [2.05, 4.69) is 44.6 Å². The number of amides is 1. The molecule has 8 nitrogen and oxygen atoms in total. The van der Waals surface area contributed by atoms with Crippen molar-refractivity contribution in [2.24, 2.45) is 12.0 Å². The Hall–Kier alpha value is -2.87. The molecule has 0 spiro atoms. The van der Waals surface area contributed by atoms with Crippen molar-refractivity contribution in [2.75, 3.05) is 51.2 Å². The monoisotopic (exact) mass is 409 g/mol. The third-order valence-corrected chi connectivity index (χ3v) is 5.88. The lowest BCUT2D eigenvalue weighted by Gasteiger charge is -2.35. The molecule has 1 N–H and O–H groups in total. The largest absolute Gasteiger partial charge is 0.356 e. The summed E-state index contributed by atoms with van der Waals surface area (Å²) in [6, 6.07) is 8.74. The van der Waals surface area contributed by atoms with Crippen molar-refractivity contribution in [3.63, 3.8) is 0 Å². The van der Waals surface area contributed by atoms with E-state index in [1.165, 1.54) is 11.1 Å². The first-order chi connectivity index (χ1) is 14.6. The summed E-state index contributed by atoms with van der Waals surface area (Å²) in [4.78, 5) is 23.4. The van der Waals surface area contributed by atoms with Crippen molar-refractivity contribution in [3.05, 3.63) is 47.8 Å². The predicted octanol–water partition coefficient (Wildman–Crippen LogP) is 1.09. The summed E-state index contributed by atoms with van der Waals surface area (Å²) in [6.45, 7) is 5.79. The van der Waals surface area contributed by atoms with Crippen LogP contribution < -0.4 is 10.2 Å². The van der Waals surface area contributed by atoms with E-state index in [1.807, 2.05) is 18.1 Å². The molecule has 0 atom stereocenters. The summed E-state index contributed by atoms with van der Waals surface area (Å²) in [5.74, 6) is 0.877. The molecule has 4 rings (SSSR count). The van der Waals surface area contributed by atoms with Crippen LogP contribution in [0, 0.1) is 0 Å². The number of aromatic nitrogens is 2. The number of guanidine groups is 1. The highest BCUT2D eigenvalue weighted by Crippen LogP contribution is 2.18. The summed E-state index contributed by atoms with van der Waals surface area (Å²) in [5.41, 5.74) is 3.80. The van der Waals surface area contributed by atoms with Gasteiger partial charge in [0, 0.05) is 59.6 Å². The quantitative estimate of drug-likeness (QED) is 0.455. The molecule has 30 heavy (non-hydrogen) atoms. The SMILES string of the molecule is CN=C(NCCCN1CCc2ccccc2C1)N1CCN(c2cnn(C)c2)C(=O)C1. The number of fused-ring (bicyclic) bond motifs is 1. The number of nitrogens with one attached hydrogen (secondary N) is 1. The third-order valence-electron chi connectivity index (χ3n) is 5.88. The van der Waals surface area contributed by atoms with Gasteiger partial charge in [0.1, 0.15) is 6.54 Å². The first-order valence-corrected chi connectivity index (χ1v) is 10.7. The van der Waals surface area contributed by atoms with Gasteiger partial charge in [-0.3, -0.25) is 19.4 Å². The molecule has 1 amide bonds. The molecule has 3 heterocycles. The Morgan fingerprint density at radius 1 is 1.17 bits per heavy atom. The second kappa shape index (κ2) is 9.30. The van der Waals surface area contributed by atoms with Crippen LogP contribution in [-0.2, 0) is 24.8 Å². The molecule has 0 radical (unpaired) electrons. The average Bonchev–Trinajstić information content (AvgIpc) is 3.19. The van der Waals surface area contributed by atoms with Gasteiger partial charge in [-0.15, -0.1) is 0 Å². The van der Waals surface area contributed by atoms with Gasteiger partial charge in [0.2, 0.25) is 5.91 Å². The van der Waals surface area contributed by atoms with E-state index in [9.17, 15) is 4.79 Å². The average molecular weight is 410 g/mol. The van der Waals surface area contributed by atoms with Gasteiger partial charge >= 0.3 is 0 Å². The summed E-state index contributed by atoms with van der Waals surface area (Å²) in [6.07, 6.45) is 5.79. The number of anilines is 1. The Kier molecular flexibility index (Phi) is 6.32. The highest BCUT2D eigenvalue weighted by molar-refractivity contribution is 5.98. The van der Waals surface area contributed by atoms with Crippen molar-refractivity contribution in [3.8, 4) is 0 Å². The van der Waals surface area contributed by atoms with Crippen LogP contribution >= 0.6 is 0 Å². The molecule has 2 aromatic rings. The van der Waals surface area contributed by atoms with Crippen molar-refractivity contribution < 1.29 is 4.79 Å². The topological polar surface area (TPSA) is 69.0 Å². The molecule has 2 aliphatic heterocycles.